The van der Waals surface area contributed by atoms with Gasteiger partial charge in [-0.3, -0.25) is 9.69 Å². The summed E-state index contributed by atoms with van der Waals surface area (Å²) in [6.07, 6.45) is 8.35. The van der Waals surface area contributed by atoms with Crippen molar-refractivity contribution in [1.29, 1.82) is 0 Å². The SMILES string of the molecule is CC(=O)Nc1ccccc1-c1ccc2c(c1)Oc1c(O)cccc1C2C1CC2CCC(C1)N2Cc1ncc[nH]1. The number of nitrogens with one attached hydrogen (secondary N) is 2. The molecule has 0 spiro atoms. The lowest BCUT2D eigenvalue weighted by molar-refractivity contribution is -0.114. The zero-order chi connectivity index (χ0) is 26.5. The van der Waals surface area contributed by atoms with Gasteiger partial charge in [0, 0.05) is 59.7 Å². The van der Waals surface area contributed by atoms with Gasteiger partial charge in [-0.2, -0.15) is 0 Å². The number of fused-ring (bicyclic) bond motifs is 4. The van der Waals surface area contributed by atoms with Gasteiger partial charge in [-0.15, -0.1) is 0 Å². The Morgan fingerprint density at radius 1 is 1.08 bits per heavy atom. The first-order valence-corrected chi connectivity index (χ1v) is 13.8. The van der Waals surface area contributed by atoms with Crippen molar-refractivity contribution in [2.75, 3.05) is 5.32 Å². The molecule has 0 saturated carbocycles. The van der Waals surface area contributed by atoms with Crippen LogP contribution in [0.2, 0.25) is 0 Å². The van der Waals surface area contributed by atoms with E-state index in [0.29, 0.717) is 23.8 Å². The van der Waals surface area contributed by atoms with Gasteiger partial charge in [0.05, 0.1) is 6.54 Å². The van der Waals surface area contributed by atoms with Crippen LogP contribution in [0.15, 0.2) is 73.1 Å². The fourth-order valence-corrected chi connectivity index (χ4v) is 7.17. The average molecular weight is 521 g/mol. The number of anilines is 1. The molecule has 3 aliphatic rings. The highest BCUT2D eigenvalue weighted by Gasteiger charge is 2.45. The van der Waals surface area contributed by atoms with Crippen LogP contribution in [0, 0.1) is 5.92 Å². The second kappa shape index (κ2) is 9.58. The van der Waals surface area contributed by atoms with Gasteiger partial charge in [0.25, 0.3) is 0 Å². The first kappa shape index (κ1) is 24.0. The summed E-state index contributed by atoms with van der Waals surface area (Å²) in [6, 6.07) is 21.0. The Morgan fingerprint density at radius 3 is 2.67 bits per heavy atom. The zero-order valence-electron chi connectivity index (χ0n) is 21.9. The molecule has 1 aromatic heterocycles. The van der Waals surface area contributed by atoms with E-state index in [1.807, 2.05) is 42.7 Å². The summed E-state index contributed by atoms with van der Waals surface area (Å²) in [5, 5.41) is 13.8. The molecular formula is C32H32N4O3. The Hall–Kier alpha value is -4.10. The number of imidazole rings is 1. The van der Waals surface area contributed by atoms with E-state index in [1.165, 1.54) is 19.8 Å². The van der Waals surface area contributed by atoms with Gasteiger partial charge in [-0.1, -0.05) is 42.5 Å². The highest BCUT2D eigenvalue weighted by atomic mass is 16.5. The molecule has 1 amide bonds. The largest absolute Gasteiger partial charge is 0.504 e. The maximum Gasteiger partial charge on any atom is 0.221 e. The molecule has 39 heavy (non-hydrogen) atoms. The molecule has 0 radical (unpaired) electrons. The number of aromatic amines is 1. The standard InChI is InChI=1S/C32H32N4O3/c1-19(37)35-27-7-3-2-5-24(27)20-9-12-25-29(17-20)39-32-26(6-4-8-28(32)38)31(25)21-15-22-10-11-23(16-21)36(22)18-30-33-13-14-34-30/h2-9,12-14,17,21-23,31,38H,10-11,15-16,18H2,1H3,(H,33,34)(H,35,37). The Balaban J connectivity index is 1.25. The fourth-order valence-electron chi connectivity index (χ4n) is 7.17. The van der Waals surface area contributed by atoms with E-state index in [1.54, 1.807) is 6.07 Å². The van der Waals surface area contributed by atoms with E-state index < -0.39 is 0 Å². The minimum absolute atomic E-state index is 0.108. The molecule has 3 atom stereocenters. The van der Waals surface area contributed by atoms with Crippen LogP contribution >= 0.6 is 0 Å². The summed E-state index contributed by atoms with van der Waals surface area (Å²) in [5.41, 5.74) is 4.89. The predicted molar refractivity (Wildman–Crippen MR) is 150 cm³/mol. The van der Waals surface area contributed by atoms with Crippen LogP contribution in [0.25, 0.3) is 11.1 Å². The minimum Gasteiger partial charge on any atom is -0.504 e. The molecule has 2 saturated heterocycles. The summed E-state index contributed by atoms with van der Waals surface area (Å²) < 4.78 is 6.41. The number of aromatic hydroxyl groups is 1. The number of hydrogen-bond acceptors (Lipinski definition) is 5. The number of benzene rings is 3. The van der Waals surface area contributed by atoms with Gasteiger partial charge in [0.1, 0.15) is 11.6 Å². The molecule has 7 rings (SSSR count). The van der Waals surface area contributed by atoms with Crippen molar-refractivity contribution in [3.63, 3.8) is 0 Å². The van der Waals surface area contributed by atoms with E-state index in [-0.39, 0.29) is 17.6 Å². The number of phenols is 1. The van der Waals surface area contributed by atoms with Gasteiger partial charge in [0.2, 0.25) is 5.91 Å². The number of para-hydroxylation sites is 2. The van der Waals surface area contributed by atoms with Gasteiger partial charge < -0.3 is 20.1 Å². The number of piperidine rings is 1. The lowest BCUT2D eigenvalue weighted by Crippen LogP contribution is -2.44. The first-order valence-electron chi connectivity index (χ1n) is 13.8. The van der Waals surface area contributed by atoms with Crippen LogP contribution in [-0.2, 0) is 11.3 Å². The maximum absolute atomic E-state index is 11.8. The zero-order valence-corrected chi connectivity index (χ0v) is 21.9. The molecule has 7 nitrogen and oxygen atoms in total. The molecule has 3 N–H and O–H groups in total. The molecule has 198 valence electrons. The van der Waals surface area contributed by atoms with Crippen LogP contribution in [0.5, 0.6) is 17.2 Å². The second-order valence-electron chi connectivity index (χ2n) is 11.1. The Bertz CT molecular complexity index is 1520. The van der Waals surface area contributed by atoms with Gasteiger partial charge in [-0.05, 0) is 55.4 Å². The highest BCUT2D eigenvalue weighted by Crippen LogP contribution is 2.55. The number of hydrogen-bond donors (Lipinski definition) is 3. The number of carbonyl (C=O) groups is 1. The quantitative estimate of drug-likeness (QED) is 0.282. The van der Waals surface area contributed by atoms with E-state index in [2.05, 4.69) is 44.5 Å². The smallest absolute Gasteiger partial charge is 0.221 e. The molecular weight excluding hydrogens is 488 g/mol. The van der Waals surface area contributed by atoms with Crippen LogP contribution in [0.1, 0.15) is 55.5 Å². The maximum atomic E-state index is 11.8. The Kier molecular flexibility index (Phi) is 5.89. The molecule has 2 fully saturated rings. The van der Waals surface area contributed by atoms with Crippen LogP contribution < -0.4 is 10.1 Å². The number of aromatic nitrogens is 2. The summed E-state index contributed by atoms with van der Waals surface area (Å²) in [5.74, 6) is 3.01. The third-order valence-electron chi connectivity index (χ3n) is 8.75. The second-order valence-corrected chi connectivity index (χ2v) is 11.1. The van der Waals surface area contributed by atoms with Crippen molar-refractivity contribution >= 4 is 11.6 Å². The molecule has 4 heterocycles. The average Bonchev–Trinajstić information content (AvgIpc) is 3.52. The first-order chi connectivity index (χ1) is 19.0. The number of carbonyl (C=O) groups excluding carboxylic acids is 1. The number of H-pyrrole nitrogens is 1. The molecule has 3 aromatic carbocycles. The summed E-state index contributed by atoms with van der Waals surface area (Å²) >= 11 is 0. The Labute approximate surface area is 227 Å². The summed E-state index contributed by atoms with van der Waals surface area (Å²) in [6.45, 7) is 2.39. The third kappa shape index (κ3) is 4.27. The molecule has 3 aliphatic heterocycles. The minimum atomic E-state index is -0.108. The Morgan fingerprint density at radius 2 is 1.90 bits per heavy atom. The van der Waals surface area contributed by atoms with Crippen molar-refractivity contribution < 1.29 is 14.6 Å². The van der Waals surface area contributed by atoms with Gasteiger partial charge >= 0.3 is 0 Å². The van der Waals surface area contributed by atoms with E-state index in [0.717, 1.165) is 58.9 Å². The molecule has 0 aliphatic carbocycles. The molecule has 4 aromatic rings. The van der Waals surface area contributed by atoms with E-state index in [4.69, 9.17) is 4.74 Å². The van der Waals surface area contributed by atoms with Gasteiger partial charge in [0.15, 0.2) is 11.5 Å². The van der Waals surface area contributed by atoms with Crippen LogP contribution in [0.3, 0.4) is 0 Å². The third-order valence-corrected chi connectivity index (χ3v) is 8.75. The topological polar surface area (TPSA) is 90.5 Å². The van der Waals surface area contributed by atoms with E-state index >= 15 is 0 Å². The van der Waals surface area contributed by atoms with Crippen LogP contribution in [0.4, 0.5) is 5.69 Å². The van der Waals surface area contributed by atoms with E-state index in [9.17, 15) is 9.90 Å². The monoisotopic (exact) mass is 520 g/mol. The van der Waals surface area contributed by atoms with Crippen molar-refractivity contribution in [3.05, 3.63) is 90.0 Å². The number of rotatable bonds is 5. The predicted octanol–water partition coefficient (Wildman–Crippen LogP) is 6.42. The van der Waals surface area contributed by atoms with Crippen LogP contribution in [-0.4, -0.2) is 38.0 Å². The fraction of sp³-hybridized carbons (Fsp3) is 0.312. The number of amides is 1. The lowest BCUT2D eigenvalue weighted by Gasteiger charge is -2.43. The molecule has 2 bridgehead atoms. The summed E-state index contributed by atoms with van der Waals surface area (Å²) in [4.78, 5) is 22.2. The normalized spacial score (nSPS) is 23.5. The number of phenolic OH excluding ortho intramolecular Hbond substituents is 1. The van der Waals surface area contributed by atoms with Crippen molar-refractivity contribution in [2.45, 2.75) is 57.2 Å². The number of nitrogens with zero attached hydrogens (tertiary/aromatic N) is 2. The summed E-state index contributed by atoms with van der Waals surface area (Å²) in [7, 11) is 0. The molecule has 7 heteroatoms. The van der Waals surface area contributed by atoms with Gasteiger partial charge in [-0.25, -0.2) is 4.98 Å². The number of ether oxygens (including phenoxy) is 1. The lowest BCUT2D eigenvalue weighted by atomic mass is 9.72. The van der Waals surface area contributed by atoms with Crippen molar-refractivity contribution in [3.8, 4) is 28.4 Å². The highest BCUT2D eigenvalue weighted by molar-refractivity contribution is 5.94. The van der Waals surface area contributed by atoms with Crippen molar-refractivity contribution in [1.82, 2.24) is 14.9 Å². The van der Waals surface area contributed by atoms with Crippen molar-refractivity contribution in [2.24, 2.45) is 5.92 Å². The molecule has 3 unspecified atom stereocenters.